The smallest absolute Gasteiger partial charge is 0.411 e. The Labute approximate surface area is 261 Å². The van der Waals surface area contributed by atoms with Crippen LogP contribution in [0.2, 0.25) is 5.02 Å². The highest BCUT2D eigenvalue weighted by Gasteiger charge is 2.55. The lowest BCUT2D eigenvalue weighted by Crippen LogP contribution is -2.57. The van der Waals surface area contributed by atoms with Gasteiger partial charge in [-0.2, -0.15) is 0 Å². The number of aliphatic carboxylic acids is 1. The quantitative estimate of drug-likeness (QED) is 0.373. The molecule has 0 unspecified atom stereocenters. The van der Waals surface area contributed by atoms with Crippen molar-refractivity contribution < 1.29 is 52.7 Å². The molecule has 0 aliphatic carbocycles. The fourth-order valence-electron chi connectivity index (χ4n) is 6.01. The lowest BCUT2D eigenvalue weighted by Gasteiger charge is -2.43. The number of benzene rings is 1. The number of aliphatic hydroxyl groups excluding tert-OH is 2. The van der Waals surface area contributed by atoms with Gasteiger partial charge in [0.05, 0.1) is 36.2 Å². The maximum Gasteiger partial charge on any atom is 0.411 e. The molecule has 3 aliphatic rings. The number of oxime groups is 1. The first-order valence-electron chi connectivity index (χ1n) is 14.2. The Morgan fingerprint density at radius 3 is 2.60 bits per heavy atom. The van der Waals surface area contributed by atoms with Crippen molar-refractivity contribution in [1.29, 1.82) is 0 Å². The van der Waals surface area contributed by atoms with Crippen LogP contribution in [0.25, 0.3) is 11.3 Å². The number of aliphatic hydroxyl groups is 2. The van der Waals surface area contributed by atoms with Crippen LogP contribution >= 0.6 is 11.6 Å². The number of rotatable bonds is 7. The van der Waals surface area contributed by atoms with E-state index in [1.165, 1.54) is 30.1 Å². The minimum Gasteiger partial charge on any atom is -0.480 e. The second-order valence-electron chi connectivity index (χ2n) is 12.4. The van der Waals surface area contributed by atoms with E-state index < -0.39 is 83.0 Å². The number of carbonyl (C=O) groups excluding carboxylic acids is 1. The van der Waals surface area contributed by atoms with Gasteiger partial charge in [-0.15, -0.1) is 5.10 Å². The molecule has 2 fully saturated rings. The highest BCUT2D eigenvalue weighted by atomic mass is 35.5. The van der Waals surface area contributed by atoms with Gasteiger partial charge in [-0.05, 0) is 32.9 Å². The number of nitrogens with zero attached hydrogens (tertiary/aromatic N) is 5. The van der Waals surface area contributed by atoms with Crippen molar-refractivity contribution in [2.45, 2.75) is 87.7 Å². The van der Waals surface area contributed by atoms with E-state index in [1.807, 2.05) is 0 Å². The Morgan fingerprint density at radius 2 is 1.96 bits per heavy atom. The summed E-state index contributed by atoms with van der Waals surface area (Å²) in [4.78, 5) is 31.7. The average Bonchev–Trinajstić information content (AvgIpc) is 3.70. The standard InChI is InChI=1S/C28H34ClF2N5O9/c1-27(2,3)44-26(41)35-12-28(9-17(35)25(39)40)8-13(33-45-28)7-18-24(42-4)22(23(38)19(11-37)43-18)36-10-16(32-34-36)14-5-6-15(29)21(31)20(14)30/h5-6,10,17-19,22-24,37-38H,7-9,11-12H2,1-4H3,(H,39,40)/t17-,18+,19+,22-,23-,24-,28-/m0/s1. The van der Waals surface area contributed by atoms with Gasteiger partial charge in [0.2, 0.25) is 0 Å². The number of carboxylic acids is 1. The molecule has 5 rings (SSSR count). The zero-order valence-electron chi connectivity index (χ0n) is 24.9. The molecule has 1 spiro atoms. The minimum atomic E-state index is -1.35. The van der Waals surface area contributed by atoms with Crippen LogP contribution < -0.4 is 0 Å². The molecule has 246 valence electrons. The molecule has 45 heavy (non-hydrogen) atoms. The van der Waals surface area contributed by atoms with E-state index in [2.05, 4.69) is 15.5 Å². The zero-order chi connectivity index (χ0) is 32.8. The van der Waals surface area contributed by atoms with Gasteiger partial charge in [-0.3, -0.25) is 4.90 Å². The normalized spacial score (nSPS) is 30.0. The molecule has 4 heterocycles. The van der Waals surface area contributed by atoms with Crippen molar-refractivity contribution >= 4 is 29.4 Å². The summed E-state index contributed by atoms with van der Waals surface area (Å²) in [6.45, 7) is 4.39. The SMILES string of the molecule is CO[C@@H]1[C@@H](n2cc(-c3ccc(Cl)c(F)c3F)nn2)[C@@H](O)[C@@H](CO)O[C@@H]1CC1=NO[C@@]2(C1)C[C@@H](C(=O)O)N(C(=O)OC(C)(C)C)C2. The first-order valence-corrected chi connectivity index (χ1v) is 14.5. The highest BCUT2D eigenvalue weighted by molar-refractivity contribution is 6.30. The van der Waals surface area contributed by atoms with E-state index in [1.54, 1.807) is 20.8 Å². The van der Waals surface area contributed by atoms with Gasteiger partial charge in [0, 0.05) is 31.9 Å². The van der Waals surface area contributed by atoms with Gasteiger partial charge in [-0.1, -0.05) is 22.0 Å². The molecule has 17 heteroatoms. The third kappa shape index (κ3) is 6.47. The molecule has 2 aromatic rings. The summed E-state index contributed by atoms with van der Waals surface area (Å²) < 4.78 is 47.1. The number of amides is 1. The molecule has 3 N–H and O–H groups in total. The first kappa shape index (κ1) is 32.9. The Balaban J connectivity index is 1.35. The lowest BCUT2D eigenvalue weighted by atomic mass is 9.87. The summed E-state index contributed by atoms with van der Waals surface area (Å²) in [6, 6.07) is 0.249. The number of carboxylic acid groups (broad SMARTS) is 1. The van der Waals surface area contributed by atoms with Gasteiger partial charge in [0.1, 0.15) is 41.7 Å². The summed E-state index contributed by atoms with van der Waals surface area (Å²) in [7, 11) is 1.38. The molecule has 14 nitrogen and oxygen atoms in total. The predicted octanol–water partition coefficient (Wildman–Crippen LogP) is 2.55. The average molecular weight is 658 g/mol. The van der Waals surface area contributed by atoms with Gasteiger partial charge < -0.3 is 34.4 Å². The van der Waals surface area contributed by atoms with Crippen LogP contribution in [0.15, 0.2) is 23.5 Å². The second kappa shape index (κ2) is 12.4. The van der Waals surface area contributed by atoms with Gasteiger partial charge >= 0.3 is 12.1 Å². The summed E-state index contributed by atoms with van der Waals surface area (Å²) in [6.07, 6.45) is -3.42. The summed E-state index contributed by atoms with van der Waals surface area (Å²) >= 11 is 5.67. The number of hydrogen-bond acceptors (Lipinski definition) is 11. The molecule has 2 saturated heterocycles. The predicted molar refractivity (Wildman–Crippen MR) is 151 cm³/mol. The Kier molecular flexibility index (Phi) is 9.07. The first-order chi connectivity index (χ1) is 21.2. The lowest BCUT2D eigenvalue weighted by molar-refractivity contribution is -0.210. The zero-order valence-corrected chi connectivity index (χ0v) is 25.6. The van der Waals surface area contributed by atoms with Crippen LogP contribution in [-0.4, -0.2) is 115 Å². The van der Waals surface area contributed by atoms with E-state index in [-0.39, 0.29) is 37.1 Å². The molecular weight excluding hydrogens is 624 g/mol. The molecule has 1 aromatic heterocycles. The van der Waals surface area contributed by atoms with Crippen LogP contribution in [-0.2, 0) is 23.8 Å². The van der Waals surface area contributed by atoms with Crippen LogP contribution in [0.4, 0.5) is 13.6 Å². The van der Waals surface area contributed by atoms with E-state index in [0.29, 0.717) is 5.71 Å². The maximum atomic E-state index is 14.6. The number of likely N-dealkylation sites (tertiary alicyclic amines) is 1. The van der Waals surface area contributed by atoms with Crippen LogP contribution in [0.1, 0.15) is 46.1 Å². The fraction of sp³-hybridized carbons (Fsp3) is 0.607. The molecule has 7 atom stereocenters. The highest BCUT2D eigenvalue weighted by Crippen LogP contribution is 2.41. The number of aromatic nitrogens is 3. The summed E-state index contributed by atoms with van der Waals surface area (Å²) in [5.41, 5.74) is -1.71. The number of methoxy groups -OCH3 is 1. The monoisotopic (exact) mass is 657 g/mol. The molecule has 1 aromatic carbocycles. The van der Waals surface area contributed by atoms with Crippen molar-refractivity contribution in [1.82, 2.24) is 19.9 Å². The van der Waals surface area contributed by atoms with Crippen molar-refractivity contribution in [3.8, 4) is 11.3 Å². The van der Waals surface area contributed by atoms with E-state index in [0.717, 1.165) is 4.90 Å². The number of carbonyl (C=O) groups is 2. The molecule has 1 amide bonds. The topological polar surface area (TPSA) is 178 Å². The minimum absolute atomic E-state index is 0.0298. The van der Waals surface area contributed by atoms with Crippen molar-refractivity contribution in [3.05, 3.63) is 35.0 Å². The van der Waals surface area contributed by atoms with Gasteiger partial charge in [0.25, 0.3) is 0 Å². The van der Waals surface area contributed by atoms with Gasteiger partial charge in [0.15, 0.2) is 17.2 Å². The third-order valence-corrected chi connectivity index (χ3v) is 8.30. The Morgan fingerprint density at radius 1 is 1.22 bits per heavy atom. The number of halogens is 3. The van der Waals surface area contributed by atoms with Crippen LogP contribution in [0, 0.1) is 11.6 Å². The molecular formula is C28H34ClF2N5O9. The van der Waals surface area contributed by atoms with Crippen LogP contribution in [0.3, 0.4) is 0 Å². The van der Waals surface area contributed by atoms with Crippen molar-refractivity contribution in [2.75, 3.05) is 20.3 Å². The fourth-order valence-corrected chi connectivity index (χ4v) is 6.16. The molecule has 0 saturated carbocycles. The van der Waals surface area contributed by atoms with Crippen LogP contribution in [0.5, 0.6) is 0 Å². The van der Waals surface area contributed by atoms with E-state index in [4.69, 9.17) is 30.6 Å². The van der Waals surface area contributed by atoms with Crippen molar-refractivity contribution in [2.24, 2.45) is 5.16 Å². The van der Waals surface area contributed by atoms with E-state index in [9.17, 15) is 33.7 Å². The largest absolute Gasteiger partial charge is 0.480 e. The third-order valence-electron chi connectivity index (χ3n) is 8.01. The Hall–Kier alpha value is -3.44. The Bertz CT molecular complexity index is 1490. The number of hydrogen-bond donors (Lipinski definition) is 3. The second-order valence-corrected chi connectivity index (χ2v) is 12.8. The van der Waals surface area contributed by atoms with E-state index >= 15 is 0 Å². The summed E-state index contributed by atoms with van der Waals surface area (Å²) in [5.74, 6) is -3.67. The van der Waals surface area contributed by atoms with Gasteiger partial charge in [-0.25, -0.2) is 23.1 Å². The molecule has 3 aliphatic heterocycles. The summed E-state index contributed by atoms with van der Waals surface area (Å²) in [5, 5.41) is 42.7. The number of ether oxygens (including phenoxy) is 3. The molecule has 0 bridgehead atoms. The molecule has 0 radical (unpaired) electrons. The van der Waals surface area contributed by atoms with Crippen molar-refractivity contribution in [3.63, 3.8) is 0 Å². The maximum absolute atomic E-state index is 14.6.